The van der Waals surface area contributed by atoms with Gasteiger partial charge in [0.2, 0.25) is 0 Å². The van der Waals surface area contributed by atoms with Gasteiger partial charge in [0.05, 0.1) is 18.9 Å². The number of carbonyl (C=O) groups is 1. The summed E-state index contributed by atoms with van der Waals surface area (Å²) in [4.78, 5) is 18.9. The number of Topliss-reactive ketones (excluding diaryl/α,β-unsaturated/α-hetero) is 1. The smallest absolute Gasteiger partial charge is 0.307 e. The van der Waals surface area contributed by atoms with E-state index in [9.17, 15) is 9.36 Å². The van der Waals surface area contributed by atoms with E-state index in [1.165, 1.54) is 0 Å². The van der Waals surface area contributed by atoms with E-state index in [0.717, 1.165) is 22.3 Å². The fraction of sp³-hybridized carbons (Fsp3) is 0.235. The molecule has 4 rings (SSSR count). The number of aliphatic imine (C=N–C) groups is 1. The number of nitrogens with zero attached hydrogens (tertiary/aromatic N) is 1. The second-order valence-corrected chi connectivity index (χ2v) is 11.6. The zero-order valence-electron chi connectivity index (χ0n) is 23.3. The summed E-state index contributed by atoms with van der Waals surface area (Å²) in [5, 5.41) is 0. The highest BCUT2D eigenvalue weighted by Crippen LogP contribution is 2.59. The van der Waals surface area contributed by atoms with Gasteiger partial charge in [-0.05, 0) is 26.3 Å². The fourth-order valence-corrected chi connectivity index (χ4v) is 6.80. The third-order valence-corrected chi connectivity index (χ3v) is 9.02. The Kier molecular flexibility index (Phi) is 10.4. The molecule has 2 unspecified atom stereocenters. The minimum atomic E-state index is -3.85. The van der Waals surface area contributed by atoms with E-state index in [0.29, 0.717) is 11.3 Å². The molecule has 0 saturated heterocycles. The highest BCUT2D eigenvalue weighted by molar-refractivity contribution is 7.54. The van der Waals surface area contributed by atoms with Crippen LogP contribution in [0.3, 0.4) is 0 Å². The average molecular weight is 554 g/mol. The largest absolute Gasteiger partial charge is 0.355 e. The zero-order chi connectivity index (χ0) is 28.4. The molecule has 0 aromatic heterocycles. The van der Waals surface area contributed by atoms with Crippen molar-refractivity contribution >= 4 is 19.1 Å². The summed E-state index contributed by atoms with van der Waals surface area (Å²) in [5.41, 5.74) is 4.93. The van der Waals surface area contributed by atoms with Crippen LogP contribution >= 0.6 is 7.60 Å². The molecule has 0 bridgehead atoms. The Hall–Kier alpha value is -3.63. The lowest BCUT2D eigenvalue weighted by atomic mass is 9.90. The van der Waals surface area contributed by atoms with Gasteiger partial charge in [-0.2, -0.15) is 0 Å². The molecule has 0 spiro atoms. The molecule has 0 amide bonds. The molecular weight excluding hydrogens is 517 g/mol. The molecule has 0 saturated carbocycles. The molecular formula is C34H36NO4P. The topological polar surface area (TPSA) is 65.0 Å². The average Bonchev–Trinajstić information content (AvgIpc) is 2.99. The lowest BCUT2D eigenvalue weighted by Crippen LogP contribution is -2.25. The number of carbonyl (C=O) groups excluding carboxylic acids is 1. The van der Waals surface area contributed by atoms with Crippen molar-refractivity contribution in [2.24, 2.45) is 4.99 Å². The summed E-state index contributed by atoms with van der Waals surface area (Å²) < 4.78 is 26.5. The Bertz CT molecular complexity index is 1390. The zero-order valence-corrected chi connectivity index (χ0v) is 24.2. The van der Waals surface area contributed by atoms with E-state index < -0.39 is 19.3 Å². The third kappa shape index (κ3) is 7.31. The maximum absolute atomic E-state index is 14.6. The van der Waals surface area contributed by atoms with Crippen LogP contribution in [-0.4, -0.2) is 30.5 Å². The third-order valence-electron chi connectivity index (χ3n) is 6.66. The maximum Gasteiger partial charge on any atom is 0.355 e. The van der Waals surface area contributed by atoms with Crippen LogP contribution in [0, 0.1) is 6.92 Å². The molecule has 4 aromatic carbocycles. The van der Waals surface area contributed by atoms with Gasteiger partial charge in [0.25, 0.3) is 0 Å². The Morgan fingerprint density at radius 3 is 1.60 bits per heavy atom. The van der Waals surface area contributed by atoms with Crippen molar-refractivity contribution in [2.75, 3.05) is 13.2 Å². The monoisotopic (exact) mass is 553 g/mol. The van der Waals surface area contributed by atoms with Crippen LogP contribution in [0.15, 0.2) is 120 Å². The molecule has 6 heteroatoms. The second-order valence-electron chi connectivity index (χ2n) is 9.51. The molecule has 0 aliphatic rings. The molecule has 0 fully saturated rings. The molecule has 0 N–H and O–H groups in total. The lowest BCUT2D eigenvalue weighted by molar-refractivity contribution is 0.0971. The van der Waals surface area contributed by atoms with Gasteiger partial charge < -0.3 is 9.05 Å². The van der Waals surface area contributed by atoms with E-state index in [1.807, 2.05) is 110 Å². The van der Waals surface area contributed by atoms with E-state index >= 15 is 0 Å². The van der Waals surface area contributed by atoms with Gasteiger partial charge in [-0.15, -0.1) is 0 Å². The lowest BCUT2D eigenvalue weighted by Gasteiger charge is -2.31. The van der Waals surface area contributed by atoms with Crippen LogP contribution in [0.4, 0.5) is 0 Å². The van der Waals surface area contributed by atoms with Crippen molar-refractivity contribution in [3.05, 3.63) is 143 Å². The van der Waals surface area contributed by atoms with Gasteiger partial charge in [-0.25, -0.2) is 0 Å². The highest BCUT2D eigenvalue weighted by atomic mass is 31.2. The number of benzene rings is 4. The summed E-state index contributed by atoms with van der Waals surface area (Å²) in [6, 6.07) is 36.7. The van der Waals surface area contributed by atoms with Crippen LogP contribution in [-0.2, 0) is 13.6 Å². The maximum atomic E-state index is 14.6. The SMILES string of the molecule is CCOP(=O)(OCC)C(N=C(c1ccccc1)c1ccccc1)C(CC(=O)c1ccccc1)c1ccc(C)cc1. The first-order chi connectivity index (χ1) is 19.4. The van der Waals surface area contributed by atoms with Crippen LogP contribution in [0.5, 0.6) is 0 Å². The van der Waals surface area contributed by atoms with E-state index in [-0.39, 0.29) is 25.4 Å². The van der Waals surface area contributed by atoms with Gasteiger partial charge in [0.1, 0.15) is 0 Å². The number of ketones is 1. The summed E-state index contributed by atoms with van der Waals surface area (Å²) in [5.74, 6) is -1.61. The van der Waals surface area contributed by atoms with Crippen LogP contribution in [0.2, 0.25) is 0 Å². The number of hydrogen-bond acceptors (Lipinski definition) is 5. The molecule has 5 nitrogen and oxygen atoms in total. The summed E-state index contributed by atoms with van der Waals surface area (Å²) >= 11 is 0. The van der Waals surface area contributed by atoms with Gasteiger partial charge in [0, 0.05) is 29.0 Å². The van der Waals surface area contributed by atoms with Crippen LogP contribution in [0.1, 0.15) is 58.8 Å². The van der Waals surface area contributed by atoms with Gasteiger partial charge in [-0.1, -0.05) is 121 Å². The molecule has 2 atom stereocenters. The molecule has 0 aliphatic heterocycles. The minimum absolute atomic E-state index is 0.0631. The minimum Gasteiger partial charge on any atom is -0.307 e. The molecule has 4 aromatic rings. The van der Waals surface area contributed by atoms with Crippen LogP contribution < -0.4 is 0 Å². The predicted octanol–water partition coefficient (Wildman–Crippen LogP) is 8.48. The van der Waals surface area contributed by atoms with E-state index in [1.54, 1.807) is 26.0 Å². The Morgan fingerprint density at radius 2 is 1.15 bits per heavy atom. The highest BCUT2D eigenvalue weighted by Gasteiger charge is 2.43. The predicted molar refractivity (Wildman–Crippen MR) is 162 cm³/mol. The quantitative estimate of drug-likeness (QED) is 0.0946. The first-order valence-corrected chi connectivity index (χ1v) is 15.3. The van der Waals surface area contributed by atoms with E-state index in [2.05, 4.69) is 0 Å². The second kappa shape index (κ2) is 14.1. The van der Waals surface area contributed by atoms with Gasteiger partial charge >= 0.3 is 7.60 Å². The molecule has 0 heterocycles. The molecule has 40 heavy (non-hydrogen) atoms. The van der Waals surface area contributed by atoms with Crippen molar-refractivity contribution in [3.63, 3.8) is 0 Å². The molecule has 206 valence electrons. The first-order valence-electron chi connectivity index (χ1n) is 13.7. The van der Waals surface area contributed by atoms with Crippen molar-refractivity contribution < 1.29 is 18.4 Å². The van der Waals surface area contributed by atoms with Crippen molar-refractivity contribution in [1.82, 2.24) is 0 Å². The van der Waals surface area contributed by atoms with Gasteiger partial charge in [0.15, 0.2) is 11.6 Å². The molecule has 0 radical (unpaired) electrons. The fourth-order valence-electron chi connectivity index (χ4n) is 4.72. The van der Waals surface area contributed by atoms with E-state index in [4.69, 9.17) is 14.0 Å². The Balaban J connectivity index is 1.96. The standard InChI is InChI=1S/C34H36NO4P/c1-4-38-40(37,39-5-2)34(35-33(29-17-11-7-12-18-29)30-19-13-8-14-20-30)31(27-23-21-26(3)22-24-27)25-32(36)28-15-9-6-10-16-28/h6-24,31,34H,4-5,25H2,1-3H3. The van der Waals surface area contributed by atoms with Crippen molar-refractivity contribution in [2.45, 2.75) is 38.9 Å². The normalized spacial score (nSPS) is 12.9. The number of hydrogen-bond donors (Lipinski definition) is 0. The molecule has 0 aliphatic carbocycles. The Morgan fingerprint density at radius 1 is 0.700 bits per heavy atom. The number of rotatable bonds is 13. The van der Waals surface area contributed by atoms with Crippen molar-refractivity contribution in [3.8, 4) is 0 Å². The van der Waals surface area contributed by atoms with Crippen molar-refractivity contribution in [1.29, 1.82) is 0 Å². The summed E-state index contributed by atoms with van der Waals surface area (Å²) in [7, 11) is -3.85. The summed E-state index contributed by atoms with van der Waals surface area (Å²) in [6.45, 7) is 5.96. The van der Waals surface area contributed by atoms with Gasteiger partial charge in [-0.3, -0.25) is 14.4 Å². The van der Waals surface area contributed by atoms with Crippen LogP contribution in [0.25, 0.3) is 0 Å². The Labute approximate surface area is 237 Å². The first kappa shape index (κ1) is 29.4. The number of aryl methyl sites for hydroxylation is 1. The summed E-state index contributed by atoms with van der Waals surface area (Å²) in [6.07, 6.45) is 0.0856.